The minimum atomic E-state index is 0.0282. The fraction of sp³-hybridized carbons (Fsp3) is 0.412. The number of anilines is 3. The molecule has 1 saturated carbocycles. The normalized spacial score (nSPS) is 15.2. The van der Waals surface area contributed by atoms with Gasteiger partial charge in [-0.25, -0.2) is 0 Å². The first kappa shape index (κ1) is 15.4. The molecule has 1 heterocycles. The number of hydrogen-bond donors (Lipinski definition) is 2. The minimum Gasteiger partial charge on any atom is -0.366 e. The molecule has 1 aliphatic rings. The molecule has 0 saturated heterocycles. The highest BCUT2D eigenvalue weighted by molar-refractivity contribution is 5.95. The van der Waals surface area contributed by atoms with Crippen LogP contribution < -0.4 is 10.6 Å². The maximum Gasteiger partial charge on any atom is 0.249 e. The number of hydrogen-bond acceptors (Lipinski definition) is 6. The van der Waals surface area contributed by atoms with Gasteiger partial charge in [0.2, 0.25) is 5.95 Å². The molecule has 2 N–H and O–H groups in total. The second-order valence-corrected chi connectivity index (χ2v) is 5.91. The smallest absolute Gasteiger partial charge is 0.249 e. The predicted molar refractivity (Wildman–Crippen MR) is 90.1 cm³/mol. The monoisotopic (exact) mass is 311 g/mol. The molecule has 120 valence electrons. The zero-order valence-corrected chi connectivity index (χ0v) is 13.2. The summed E-state index contributed by atoms with van der Waals surface area (Å²) in [5.41, 5.74) is 1.42. The molecule has 0 atom stereocenters. The van der Waals surface area contributed by atoms with Crippen LogP contribution in [0.15, 0.2) is 30.5 Å². The summed E-state index contributed by atoms with van der Waals surface area (Å²) >= 11 is 0. The van der Waals surface area contributed by atoms with Gasteiger partial charge in [-0.05, 0) is 31.9 Å². The predicted octanol–water partition coefficient (Wildman–Crippen LogP) is 3.56. The summed E-state index contributed by atoms with van der Waals surface area (Å²) in [5.74, 6) is 1.18. The van der Waals surface area contributed by atoms with Crippen LogP contribution in [0.1, 0.15) is 49.4 Å². The lowest BCUT2D eigenvalue weighted by Gasteiger charge is -2.23. The number of carbonyl (C=O) groups excluding carboxylic acids is 1. The highest BCUT2D eigenvalue weighted by atomic mass is 16.1. The van der Waals surface area contributed by atoms with E-state index in [2.05, 4.69) is 25.8 Å². The van der Waals surface area contributed by atoms with Gasteiger partial charge in [-0.2, -0.15) is 10.1 Å². The maximum atomic E-state index is 11.4. The molecule has 0 aliphatic heterocycles. The Balaban J connectivity index is 1.69. The van der Waals surface area contributed by atoms with Gasteiger partial charge in [0.1, 0.15) is 0 Å². The lowest BCUT2D eigenvalue weighted by atomic mass is 9.96. The van der Waals surface area contributed by atoms with E-state index in [0.717, 1.165) is 11.5 Å². The number of aromatic nitrogens is 3. The van der Waals surface area contributed by atoms with E-state index >= 15 is 0 Å². The molecule has 6 heteroatoms. The summed E-state index contributed by atoms with van der Waals surface area (Å²) in [6.07, 6.45) is 7.84. The van der Waals surface area contributed by atoms with Gasteiger partial charge in [0, 0.05) is 17.3 Å². The largest absolute Gasteiger partial charge is 0.366 e. The van der Waals surface area contributed by atoms with Gasteiger partial charge in [0.15, 0.2) is 11.6 Å². The first-order valence-corrected chi connectivity index (χ1v) is 8.05. The van der Waals surface area contributed by atoms with E-state index < -0.39 is 0 Å². The van der Waals surface area contributed by atoms with Crippen LogP contribution >= 0.6 is 0 Å². The standard InChI is InChI=1S/C17H21N5O/c1-12(23)13-6-5-9-15(10-13)20-17-21-16(11-18-22-17)19-14-7-3-2-4-8-14/h5-6,9-11,14H,2-4,7-8H2,1H3,(H2,19,20,21,22). The third-order valence-corrected chi connectivity index (χ3v) is 4.04. The van der Waals surface area contributed by atoms with Crippen LogP contribution in [0, 0.1) is 0 Å². The van der Waals surface area contributed by atoms with E-state index in [1.807, 2.05) is 12.1 Å². The molecule has 0 radical (unpaired) electrons. The summed E-state index contributed by atoms with van der Waals surface area (Å²) in [5, 5.41) is 14.5. The summed E-state index contributed by atoms with van der Waals surface area (Å²) in [6.45, 7) is 1.55. The van der Waals surface area contributed by atoms with Gasteiger partial charge in [-0.3, -0.25) is 4.79 Å². The van der Waals surface area contributed by atoms with Crippen molar-refractivity contribution in [1.29, 1.82) is 0 Å². The van der Waals surface area contributed by atoms with Gasteiger partial charge in [0.05, 0.1) is 6.20 Å². The van der Waals surface area contributed by atoms with E-state index in [0.29, 0.717) is 17.6 Å². The van der Waals surface area contributed by atoms with Crippen molar-refractivity contribution in [1.82, 2.24) is 15.2 Å². The number of nitrogens with one attached hydrogen (secondary N) is 2. The second kappa shape index (κ2) is 7.17. The zero-order chi connectivity index (χ0) is 16.1. The van der Waals surface area contributed by atoms with Gasteiger partial charge in [-0.1, -0.05) is 31.4 Å². The molecule has 1 aromatic heterocycles. The Morgan fingerprint density at radius 2 is 2.04 bits per heavy atom. The van der Waals surface area contributed by atoms with E-state index in [9.17, 15) is 4.79 Å². The number of ketones is 1. The van der Waals surface area contributed by atoms with Gasteiger partial charge < -0.3 is 10.6 Å². The van der Waals surface area contributed by atoms with Crippen molar-refractivity contribution in [2.24, 2.45) is 0 Å². The first-order valence-electron chi connectivity index (χ1n) is 8.05. The van der Waals surface area contributed by atoms with Crippen LogP contribution in [0.3, 0.4) is 0 Å². The third-order valence-electron chi connectivity index (χ3n) is 4.04. The topological polar surface area (TPSA) is 79.8 Å². The highest BCUT2D eigenvalue weighted by Crippen LogP contribution is 2.21. The van der Waals surface area contributed by atoms with E-state index in [1.54, 1.807) is 25.3 Å². The van der Waals surface area contributed by atoms with Crippen molar-refractivity contribution in [3.63, 3.8) is 0 Å². The summed E-state index contributed by atoms with van der Waals surface area (Å²) in [4.78, 5) is 15.9. The molecule has 3 rings (SSSR count). The second-order valence-electron chi connectivity index (χ2n) is 5.91. The Morgan fingerprint density at radius 1 is 1.22 bits per heavy atom. The quantitative estimate of drug-likeness (QED) is 0.822. The van der Waals surface area contributed by atoms with Crippen LogP contribution in [0.25, 0.3) is 0 Å². The molecular weight excluding hydrogens is 290 g/mol. The Hall–Kier alpha value is -2.50. The SMILES string of the molecule is CC(=O)c1cccc(Nc2nncc(NC3CCCCC3)n2)c1. The molecule has 2 aromatic rings. The van der Waals surface area contributed by atoms with Gasteiger partial charge in [0.25, 0.3) is 0 Å². The van der Waals surface area contributed by atoms with Crippen molar-refractivity contribution in [2.45, 2.75) is 45.1 Å². The average molecular weight is 311 g/mol. The Kier molecular flexibility index (Phi) is 4.80. The minimum absolute atomic E-state index is 0.0282. The van der Waals surface area contributed by atoms with Crippen molar-refractivity contribution >= 4 is 23.2 Å². The van der Waals surface area contributed by atoms with Crippen LogP contribution in [0.5, 0.6) is 0 Å². The highest BCUT2D eigenvalue weighted by Gasteiger charge is 2.14. The summed E-state index contributed by atoms with van der Waals surface area (Å²) in [6, 6.07) is 7.74. The molecular formula is C17H21N5O. The number of carbonyl (C=O) groups is 1. The van der Waals surface area contributed by atoms with Crippen molar-refractivity contribution < 1.29 is 4.79 Å². The van der Waals surface area contributed by atoms with E-state index in [1.165, 1.54) is 32.1 Å². The fourth-order valence-electron chi connectivity index (χ4n) is 2.83. The molecule has 6 nitrogen and oxygen atoms in total. The molecule has 1 aliphatic carbocycles. The molecule has 1 fully saturated rings. The number of rotatable bonds is 5. The lowest BCUT2D eigenvalue weighted by Crippen LogP contribution is -2.23. The summed E-state index contributed by atoms with van der Waals surface area (Å²) in [7, 11) is 0. The van der Waals surface area contributed by atoms with Crippen molar-refractivity contribution in [3.05, 3.63) is 36.0 Å². The van der Waals surface area contributed by atoms with Crippen molar-refractivity contribution in [2.75, 3.05) is 10.6 Å². The van der Waals surface area contributed by atoms with E-state index in [4.69, 9.17) is 0 Å². The van der Waals surface area contributed by atoms with Gasteiger partial charge in [-0.15, -0.1) is 5.10 Å². The molecule has 0 spiro atoms. The lowest BCUT2D eigenvalue weighted by molar-refractivity contribution is 0.101. The van der Waals surface area contributed by atoms with Crippen LogP contribution in [-0.4, -0.2) is 27.0 Å². The van der Waals surface area contributed by atoms with Gasteiger partial charge >= 0.3 is 0 Å². The Morgan fingerprint density at radius 3 is 2.83 bits per heavy atom. The van der Waals surface area contributed by atoms with Crippen molar-refractivity contribution in [3.8, 4) is 0 Å². The van der Waals surface area contributed by atoms with Crippen LogP contribution in [-0.2, 0) is 0 Å². The van der Waals surface area contributed by atoms with Crippen LogP contribution in [0.4, 0.5) is 17.5 Å². The molecule has 0 unspecified atom stereocenters. The summed E-state index contributed by atoms with van der Waals surface area (Å²) < 4.78 is 0. The van der Waals surface area contributed by atoms with E-state index in [-0.39, 0.29) is 5.78 Å². The molecule has 0 bridgehead atoms. The molecule has 0 amide bonds. The Labute approximate surface area is 135 Å². The first-order chi connectivity index (χ1) is 11.2. The zero-order valence-electron chi connectivity index (χ0n) is 13.2. The average Bonchev–Trinajstić information content (AvgIpc) is 2.56. The number of benzene rings is 1. The molecule has 1 aromatic carbocycles. The van der Waals surface area contributed by atoms with Crippen LogP contribution in [0.2, 0.25) is 0 Å². The fourth-order valence-corrected chi connectivity index (χ4v) is 2.83. The number of Topliss-reactive ketones (excluding diaryl/α,β-unsaturated/α-hetero) is 1. The molecule has 23 heavy (non-hydrogen) atoms. The maximum absolute atomic E-state index is 11.4. The Bertz CT molecular complexity index is 682. The third kappa shape index (κ3) is 4.25. The number of nitrogens with zero attached hydrogens (tertiary/aromatic N) is 3.